The topological polar surface area (TPSA) is 50.2 Å². The maximum Gasteiger partial charge on any atom is 0.255 e. The molecule has 0 bridgehead atoms. The number of piperidine rings is 1. The van der Waals surface area contributed by atoms with Gasteiger partial charge in [0.05, 0.1) is 18.4 Å². The molecule has 1 aliphatic rings. The molecule has 1 amide bonds. The lowest BCUT2D eigenvalue weighted by Crippen LogP contribution is -2.32. The van der Waals surface area contributed by atoms with Gasteiger partial charge in [0.15, 0.2) is 0 Å². The Hall–Kier alpha value is -3.15. The molecule has 29 heavy (non-hydrogen) atoms. The molecule has 1 saturated heterocycles. The Morgan fingerprint density at radius 1 is 1.14 bits per heavy atom. The number of amides is 1. The number of benzene rings is 2. The Kier molecular flexibility index (Phi) is 5.60. The van der Waals surface area contributed by atoms with Gasteiger partial charge in [-0.15, -0.1) is 0 Å². The molecule has 0 aliphatic carbocycles. The number of anilines is 2. The molecule has 0 saturated carbocycles. The molecule has 0 atom stereocenters. The summed E-state index contributed by atoms with van der Waals surface area (Å²) < 4.78 is 15.4. The second-order valence-electron chi connectivity index (χ2n) is 7.69. The predicted octanol–water partition coefficient (Wildman–Crippen LogP) is 4.56. The fraction of sp³-hybridized carbons (Fsp3) is 0.304. The molecule has 1 aromatic heterocycles. The number of nitrogens with zero attached hydrogens (tertiary/aromatic N) is 3. The van der Waals surface area contributed by atoms with Gasteiger partial charge in [0, 0.05) is 36.1 Å². The second-order valence-corrected chi connectivity index (χ2v) is 7.69. The van der Waals surface area contributed by atoms with Crippen LogP contribution in [0.1, 0.15) is 35.7 Å². The summed E-state index contributed by atoms with van der Waals surface area (Å²) in [5, 5.41) is 7.06. The van der Waals surface area contributed by atoms with E-state index in [0.717, 1.165) is 24.7 Å². The lowest BCUT2D eigenvalue weighted by molar-refractivity contribution is 0.102. The number of hydrogen-bond acceptors (Lipinski definition) is 3. The number of carbonyl (C=O) groups is 1. The van der Waals surface area contributed by atoms with Crippen molar-refractivity contribution in [3.05, 3.63) is 77.9 Å². The van der Waals surface area contributed by atoms with Crippen molar-refractivity contribution >= 4 is 17.3 Å². The van der Waals surface area contributed by atoms with Gasteiger partial charge in [0.1, 0.15) is 5.82 Å². The summed E-state index contributed by atoms with van der Waals surface area (Å²) in [7, 11) is 0. The van der Waals surface area contributed by atoms with E-state index in [4.69, 9.17) is 0 Å². The maximum atomic E-state index is 13.8. The lowest BCUT2D eigenvalue weighted by atomic mass is 9.98. The minimum Gasteiger partial charge on any atom is -0.372 e. The Labute approximate surface area is 170 Å². The van der Waals surface area contributed by atoms with E-state index in [0.29, 0.717) is 23.4 Å². The van der Waals surface area contributed by atoms with Crippen LogP contribution in [0.25, 0.3) is 0 Å². The molecular formula is C23H25FN4O. The highest BCUT2D eigenvalue weighted by Gasteiger charge is 2.16. The predicted molar refractivity (Wildman–Crippen MR) is 113 cm³/mol. The zero-order chi connectivity index (χ0) is 20.2. The summed E-state index contributed by atoms with van der Waals surface area (Å²) in [5.74, 6) is 0.335. The minimum atomic E-state index is -0.267. The van der Waals surface area contributed by atoms with E-state index >= 15 is 0 Å². The van der Waals surface area contributed by atoms with Crippen molar-refractivity contribution in [2.24, 2.45) is 5.92 Å². The highest BCUT2D eigenvalue weighted by Crippen LogP contribution is 2.23. The summed E-state index contributed by atoms with van der Waals surface area (Å²) in [6.07, 6.45) is 5.69. The molecule has 1 N–H and O–H groups in total. The fourth-order valence-corrected chi connectivity index (χ4v) is 3.61. The molecule has 6 heteroatoms. The standard InChI is InChI=1S/C23H25FN4O/c1-17-10-12-27(13-11-17)21-8-6-18(7-9-21)23(29)26-20-14-25-28(16-20)15-19-4-2-3-5-22(19)24/h2-9,14,16-17H,10-13,15H2,1H3,(H,26,29). The summed E-state index contributed by atoms with van der Waals surface area (Å²) in [6, 6.07) is 14.3. The molecule has 4 rings (SSSR count). The first kappa shape index (κ1) is 19.2. The Morgan fingerprint density at radius 2 is 1.86 bits per heavy atom. The van der Waals surface area contributed by atoms with Crippen molar-refractivity contribution in [2.45, 2.75) is 26.3 Å². The van der Waals surface area contributed by atoms with Gasteiger partial charge in [0.25, 0.3) is 5.91 Å². The zero-order valence-corrected chi connectivity index (χ0v) is 16.5. The average molecular weight is 392 g/mol. The Bertz CT molecular complexity index is 975. The first-order valence-corrected chi connectivity index (χ1v) is 10.0. The van der Waals surface area contributed by atoms with Crippen LogP contribution in [0.2, 0.25) is 0 Å². The largest absolute Gasteiger partial charge is 0.372 e. The number of carbonyl (C=O) groups excluding carboxylic acids is 1. The highest BCUT2D eigenvalue weighted by molar-refractivity contribution is 6.04. The monoisotopic (exact) mass is 392 g/mol. The van der Waals surface area contributed by atoms with Crippen molar-refractivity contribution in [1.29, 1.82) is 0 Å². The van der Waals surface area contributed by atoms with Crippen LogP contribution in [-0.4, -0.2) is 28.8 Å². The smallest absolute Gasteiger partial charge is 0.255 e. The quantitative estimate of drug-likeness (QED) is 0.693. The third-order valence-corrected chi connectivity index (χ3v) is 5.46. The molecule has 0 unspecified atom stereocenters. The van der Waals surface area contributed by atoms with Crippen LogP contribution in [0.4, 0.5) is 15.8 Å². The van der Waals surface area contributed by atoms with Gasteiger partial charge in [-0.1, -0.05) is 25.1 Å². The molecule has 0 radical (unpaired) electrons. The zero-order valence-electron chi connectivity index (χ0n) is 16.5. The van der Waals surface area contributed by atoms with Gasteiger partial charge in [-0.25, -0.2) is 4.39 Å². The van der Waals surface area contributed by atoms with Gasteiger partial charge in [0.2, 0.25) is 0 Å². The number of rotatable bonds is 5. The number of hydrogen-bond donors (Lipinski definition) is 1. The van der Waals surface area contributed by atoms with Crippen molar-refractivity contribution in [1.82, 2.24) is 9.78 Å². The number of halogens is 1. The molecule has 1 aliphatic heterocycles. The molecule has 1 fully saturated rings. The van der Waals surface area contributed by atoms with Gasteiger partial charge >= 0.3 is 0 Å². The third-order valence-electron chi connectivity index (χ3n) is 5.46. The van der Waals surface area contributed by atoms with Crippen molar-refractivity contribution in [3.8, 4) is 0 Å². The maximum absolute atomic E-state index is 13.8. The van der Waals surface area contributed by atoms with Gasteiger partial charge in [-0.2, -0.15) is 5.10 Å². The highest BCUT2D eigenvalue weighted by atomic mass is 19.1. The van der Waals surface area contributed by atoms with E-state index in [-0.39, 0.29) is 11.7 Å². The van der Waals surface area contributed by atoms with E-state index in [1.807, 2.05) is 24.3 Å². The SMILES string of the molecule is CC1CCN(c2ccc(C(=O)Nc3cnn(Cc4ccccc4F)c3)cc2)CC1. The summed E-state index contributed by atoms with van der Waals surface area (Å²) in [4.78, 5) is 14.9. The molecule has 0 spiro atoms. The van der Waals surface area contributed by atoms with Gasteiger partial charge in [-0.05, 0) is 49.1 Å². The summed E-state index contributed by atoms with van der Waals surface area (Å²) in [5.41, 5.74) is 2.89. The molecule has 3 aromatic rings. The van der Waals surface area contributed by atoms with Gasteiger partial charge in [-0.3, -0.25) is 9.48 Å². The van der Waals surface area contributed by atoms with Crippen LogP contribution in [-0.2, 0) is 6.54 Å². The molecule has 150 valence electrons. The normalized spacial score (nSPS) is 14.8. The van der Waals surface area contributed by atoms with Crippen LogP contribution >= 0.6 is 0 Å². The molecule has 2 aromatic carbocycles. The van der Waals surface area contributed by atoms with E-state index in [2.05, 4.69) is 22.2 Å². The third kappa shape index (κ3) is 4.65. The van der Waals surface area contributed by atoms with Crippen molar-refractivity contribution in [3.63, 3.8) is 0 Å². The van der Waals surface area contributed by atoms with Crippen LogP contribution < -0.4 is 10.2 Å². The summed E-state index contributed by atoms with van der Waals surface area (Å²) in [6.45, 7) is 4.73. The van der Waals surface area contributed by atoms with Crippen molar-refractivity contribution in [2.75, 3.05) is 23.3 Å². The van der Waals surface area contributed by atoms with E-state index in [9.17, 15) is 9.18 Å². The van der Waals surface area contributed by atoms with Crippen LogP contribution in [0.3, 0.4) is 0 Å². The fourth-order valence-electron chi connectivity index (χ4n) is 3.61. The number of nitrogens with one attached hydrogen (secondary N) is 1. The first-order chi connectivity index (χ1) is 14.1. The van der Waals surface area contributed by atoms with Gasteiger partial charge < -0.3 is 10.2 Å². The van der Waals surface area contributed by atoms with Crippen LogP contribution in [0.15, 0.2) is 60.9 Å². The van der Waals surface area contributed by atoms with E-state index in [1.165, 1.54) is 18.9 Å². The van der Waals surface area contributed by atoms with E-state index < -0.39 is 0 Å². The van der Waals surface area contributed by atoms with E-state index in [1.54, 1.807) is 35.3 Å². The molecule has 5 nitrogen and oxygen atoms in total. The van der Waals surface area contributed by atoms with Crippen LogP contribution in [0, 0.1) is 11.7 Å². The van der Waals surface area contributed by atoms with Crippen LogP contribution in [0.5, 0.6) is 0 Å². The Morgan fingerprint density at radius 3 is 2.59 bits per heavy atom. The van der Waals surface area contributed by atoms with Crippen molar-refractivity contribution < 1.29 is 9.18 Å². The summed E-state index contributed by atoms with van der Waals surface area (Å²) >= 11 is 0. The molecular weight excluding hydrogens is 367 g/mol. The first-order valence-electron chi connectivity index (χ1n) is 10.0. The average Bonchev–Trinajstić information content (AvgIpc) is 3.17. The number of aromatic nitrogens is 2. The minimum absolute atomic E-state index is 0.186. The lowest BCUT2D eigenvalue weighted by Gasteiger charge is -2.32. The second kappa shape index (κ2) is 8.47. The Balaban J connectivity index is 1.37. The molecule has 2 heterocycles.